The van der Waals surface area contributed by atoms with E-state index in [2.05, 4.69) is 63.8 Å². The Morgan fingerprint density at radius 2 is 1.71 bits per heavy atom. The van der Waals surface area contributed by atoms with Crippen molar-refractivity contribution < 1.29 is 9.90 Å². The Morgan fingerprint density at radius 1 is 0.976 bits per heavy atom. The summed E-state index contributed by atoms with van der Waals surface area (Å²) in [5.74, 6) is 0.529. The van der Waals surface area contributed by atoms with E-state index in [1.54, 1.807) is 6.33 Å². The highest BCUT2D eigenvalue weighted by atomic mass is 16.3. The first-order valence-electron chi connectivity index (χ1n) is 14.5. The van der Waals surface area contributed by atoms with Crippen LogP contribution in [0, 0.1) is 0 Å². The first-order valence-corrected chi connectivity index (χ1v) is 14.5. The second-order valence-electron chi connectivity index (χ2n) is 12.2. The quantitative estimate of drug-likeness (QED) is 0.196. The number of rotatable bonds is 11. The zero-order valence-electron chi connectivity index (χ0n) is 24.8. The number of aliphatic hydroxyl groups is 1. The second kappa shape index (κ2) is 12.4. The van der Waals surface area contributed by atoms with E-state index in [0.29, 0.717) is 18.8 Å². The molecule has 0 saturated heterocycles. The number of aromatic nitrogens is 3. The molecule has 8 heteroatoms. The molecule has 0 radical (unpaired) electrons. The monoisotopic (exact) mass is 564 g/mol. The first-order chi connectivity index (χ1) is 20.1. The molecule has 0 aliphatic heterocycles. The maximum atomic E-state index is 12.0. The van der Waals surface area contributed by atoms with Crippen molar-refractivity contribution in [1.82, 2.24) is 25.6 Å². The number of aliphatic hydroxyl groups excluding tert-OH is 1. The molecule has 4 N–H and O–H groups in total. The van der Waals surface area contributed by atoms with Gasteiger partial charge in [-0.1, -0.05) is 63.2 Å². The molecule has 8 nitrogen and oxygen atoms in total. The normalized spacial score (nSPS) is 15.5. The van der Waals surface area contributed by atoms with E-state index in [4.69, 9.17) is 0 Å². The molecule has 0 spiro atoms. The van der Waals surface area contributed by atoms with Crippen LogP contribution in [-0.2, 0) is 22.2 Å². The van der Waals surface area contributed by atoms with Gasteiger partial charge in [-0.25, -0.2) is 9.97 Å². The highest BCUT2D eigenvalue weighted by molar-refractivity contribution is 5.73. The fraction of sp³-hybridized carbons (Fsp3) is 0.353. The first kappa shape index (κ1) is 29.4. The number of pyridine rings is 1. The number of anilines is 2. The average Bonchev–Trinajstić information content (AvgIpc) is 3.78. The molecule has 42 heavy (non-hydrogen) atoms. The van der Waals surface area contributed by atoms with Gasteiger partial charge in [0.15, 0.2) is 0 Å². The minimum Gasteiger partial charge on any atom is -0.390 e. The predicted octanol–water partition coefficient (Wildman–Crippen LogP) is 5.27. The molecular formula is C34H40N6O2. The van der Waals surface area contributed by atoms with Gasteiger partial charge in [-0.15, -0.1) is 0 Å². The van der Waals surface area contributed by atoms with E-state index in [-0.39, 0.29) is 16.9 Å². The van der Waals surface area contributed by atoms with Crippen LogP contribution < -0.4 is 16.0 Å². The summed E-state index contributed by atoms with van der Waals surface area (Å²) in [5.41, 5.74) is 5.83. The van der Waals surface area contributed by atoms with Gasteiger partial charge in [-0.3, -0.25) is 9.78 Å². The van der Waals surface area contributed by atoms with Crippen LogP contribution in [0.2, 0.25) is 0 Å². The van der Waals surface area contributed by atoms with Crippen molar-refractivity contribution in [2.75, 3.05) is 11.9 Å². The maximum Gasteiger partial charge on any atom is 0.217 e. The summed E-state index contributed by atoms with van der Waals surface area (Å²) in [5, 5.41) is 21.0. The molecule has 2 aromatic carbocycles. The van der Waals surface area contributed by atoms with Gasteiger partial charge in [0.25, 0.3) is 0 Å². The summed E-state index contributed by atoms with van der Waals surface area (Å²) < 4.78 is 0. The van der Waals surface area contributed by atoms with Crippen molar-refractivity contribution in [2.24, 2.45) is 0 Å². The number of nitrogens with one attached hydrogen (secondary N) is 3. The zero-order chi connectivity index (χ0) is 29.7. The molecule has 4 aromatic rings. The average molecular weight is 565 g/mol. The van der Waals surface area contributed by atoms with Gasteiger partial charge in [0.1, 0.15) is 12.1 Å². The molecule has 0 unspecified atom stereocenters. The molecule has 2 aromatic heterocycles. The number of benzene rings is 2. The SMILES string of the molecule is CC(=O)N[C@@H](Cc1ccc(Nc2cc(-c3ccccc3)ncn2)cc1)[C@@H](O)CNC1(c2cc(C(C)(C)C)ccn2)CC1. The van der Waals surface area contributed by atoms with Gasteiger partial charge >= 0.3 is 0 Å². The molecule has 1 fully saturated rings. The predicted molar refractivity (Wildman–Crippen MR) is 166 cm³/mol. The third kappa shape index (κ3) is 7.38. The lowest BCUT2D eigenvalue weighted by atomic mass is 9.86. The van der Waals surface area contributed by atoms with Crippen LogP contribution in [0.3, 0.4) is 0 Å². The zero-order valence-corrected chi connectivity index (χ0v) is 24.8. The minimum absolute atomic E-state index is 0.0365. The summed E-state index contributed by atoms with van der Waals surface area (Å²) in [6, 6.07) is 23.7. The van der Waals surface area contributed by atoms with Crippen LogP contribution in [0.15, 0.2) is 85.3 Å². The molecule has 1 aliphatic carbocycles. The van der Waals surface area contributed by atoms with E-state index >= 15 is 0 Å². The summed E-state index contributed by atoms with van der Waals surface area (Å²) in [4.78, 5) is 25.4. The van der Waals surface area contributed by atoms with E-state index in [1.807, 2.05) is 66.9 Å². The maximum absolute atomic E-state index is 12.0. The van der Waals surface area contributed by atoms with Crippen molar-refractivity contribution >= 4 is 17.4 Å². The van der Waals surface area contributed by atoms with E-state index in [1.165, 1.54) is 12.5 Å². The lowest BCUT2D eigenvalue weighted by Crippen LogP contribution is -2.49. The molecule has 2 heterocycles. The second-order valence-corrected chi connectivity index (χ2v) is 12.2. The van der Waals surface area contributed by atoms with Gasteiger partial charge in [0.2, 0.25) is 5.91 Å². The molecule has 1 saturated carbocycles. The lowest BCUT2D eigenvalue weighted by molar-refractivity contribution is -0.120. The Hall–Kier alpha value is -4.14. The van der Waals surface area contributed by atoms with Crippen molar-refractivity contribution in [3.8, 4) is 11.3 Å². The van der Waals surface area contributed by atoms with Crippen molar-refractivity contribution in [2.45, 2.75) is 70.1 Å². The smallest absolute Gasteiger partial charge is 0.217 e. The summed E-state index contributed by atoms with van der Waals surface area (Å²) >= 11 is 0. The summed E-state index contributed by atoms with van der Waals surface area (Å²) in [6.07, 6.45) is 5.10. The van der Waals surface area contributed by atoms with Crippen LogP contribution in [0.4, 0.5) is 11.5 Å². The van der Waals surface area contributed by atoms with Crippen LogP contribution in [0.1, 0.15) is 57.4 Å². The van der Waals surface area contributed by atoms with E-state index in [9.17, 15) is 9.90 Å². The molecule has 2 atom stereocenters. The van der Waals surface area contributed by atoms with Crippen LogP contribution in [0.5, 0.6) is 0 Å². The van der Waals surface area contributed by atoms with Crippen LogP contribution >= 0.6 is 0 Å². The van der Waals surface area contributed by atoms with Crippen LogP contribution in [-0.4, -0.2) is 44.7 Å². The number of nitrogens with zero attached hydrogens (tertiary/aromatic N) is 3. The van der Waals surface area contributed by atoms with Gasteiger partial charge in [0, 0.05) is 37.0 Å². The van der Waals surface area contributed by atoms with E-state index in [0.717, 1.165) is 41.0 Å². The summed E-state index contributed by atoms with van der Waals surface area (Å²) in [7, 11) is 0. The van der Waals surface area contributed by atoms with Crippen molar-refractivity contribution in [3.63, 3.8) is 0 Å². The summed E-state index contributed by atoms with van der Waals surface area (Å²) in [6.45, 7) is 8.42. The van der Waals surface area contributed by atoms with Crippen LogP contribution in [0.25, 0.3) is 11.3 Å². The molecule has 218 valence electrons. The number of hydrogen-bond donors (Lipinski definition) is 4. The Balaban J connectivity index is 1.21. The number of carbonyl (C=O) groups is 1. The van der Waals surface area contributed by atoms with Gasteiger partial charge in [0.05, 0.1) is 29.1 Å². The highest BCUT2D eigenvalue weighted by Gasteiger charge is 2.46. The minimum atomic E-state index is -0.771. The van der Waals surface area contributed by atoms with Gasteiger partial charge < -0.3 is 21.1 Å². The third-order valence-corrected chi connectivity index (χ3v) is 7.79. The largest absolute Gasteiger partial charge is 0.390 e. The Bertz CT molecular complexity index is 1500. The molecule has 1 aliphatic rings. The topological polar surface area (TPSA) is 112 Å². The Morgan fingerprint density at radius 3 is 2.38 bits per heavy atom. The fourth-order valence-electron chi connectivity index (χ4n) is 5.11. The number of hydrogen-bond acceptors (Lipinski definition) is 7. The molecule has 0 bridgehead atoms. The Kier molecular flexibility index (Phi) is 8.66. The highest BCUT2D eigenvalue weighted by Crippen LogP contribution is 2.45. The number of amides is 1. The lowest BCUT2D eigenvalue weighted by Gasteiger charge is -2.27. The van der Waals surface area contributed by atoms with Crippen molar-refractivity contribution in [1.29, 1.82) is 0 Å². The Labute approximate surface area is 248 Å². The molecular weight excluding hydrogens is 524 g/mol. The molecule has 1 amide bonds. The van der Waals surface area contributed by atoms with Gasteiger partial charge in [-0.05, 0) is 60.1 Å². The standard InChI is InChI=1S/C34H40N6O2/c1-23(41)39-29(30(42)21-38-34(15-16-34)31-19-26(14-17-35-31)33(2,3)4)18-24-10-12-27(13-11-24)40-32-20-28(36-22-37-32)25-8-6-5-7-9-25/h5-14,17,19-20,22,29-30,38,42H,15-16,18,21H2,1-4H3,(H,39,41)(H,36,37,40)/t29-,30-/m0/s1. The molecule has 5 rings (SSSR count). The third-order valence-electron chi connectivity index (χ3n) is 7.79. The fourth-order valence-corrected chi connectivity index (χ4v) is 5.11. The van der Waals surface area contributed by atoms with Gasteiger partial charge in [-0.2, -0.15) is 0 Å². The van der Waals surface area contributed by atoms with E-state index < -0.39 is 12.1 Å². The number of carbonyl (C=O) groups excluding carboxylic acids is 1. The van der Waals surface area contributed by atoms with Crippen molar-refractivity contribution in [3.05, 3.63) is 102 Å².